The van der Waals surface area contributed by atoms with Gasteiger partial charge in [-0.15, -0.1) is 0 Å². The molecule has 0 saturated carbocycles. The van der Waals surface area contributed by atoms with E-state index in [2.05, 4.69) is 349 Å². The lowest BCUT2D eigenvalue weighted by Crippen LogP contribution is -2.75. The molecule has 408 valence electrons. The summed E-state index contributed by atoms with van der Waals surface area (Å²) in [6, 6.07) is 76.4. The van der Waals surface area contributed by atoms with Crippen LogP contribution in [-0.2, 0) is 0 Å². The van der Waals surface area contributed by atoms with E-state index < -0.39 is 48.4 Å². The summed E-state index contributed by atoms with van der Waals surface area (Å²) in [6.07, 6.45) is 0. The van der Waals surface area contributed by atoms with Gasteiger partial charge in [0.2, 0.25) is 0 Å². The van der Waals surface area contributed by atoms with Gasteiger partial charge < -0.3 is 19.6 Å². The minimum absolute atomic E-state index is 1.21. The molecule has 0 unspecified atom stereocenters. The highest BCUT2D eigenvalue weighted by molar-refractivity contribution is 7.20. The van der Waals surface area contributed by atoms with Crippen molar-refractivity contribution in [2.45, 2.75) is 78.6 Å². The molecule has 0 aliphatic heterocycles. The van der Waals surface area contributed by atoms with E-state index in [-0.39, 0.29) is 0 Å². The molecule has 0 saturated heterocycles. The second-order valence-corrected chi connectivity index (χ2v) is 54.5. The second-order valence-electron chi connectivity index (χ2n) is 26.6. The van der Waals surface area contributed by atoms with Crippen LogP contribution in [-0.4, -0.2) is 105 Å². The maximum Gasteiger partial charge on any atom is 0.179 e. The van der Waals surface area contributed by atoms with Crippen LogP contribution in [0.2, 0.25) is 78.6 Å². The summed E-state index contributed by atoms with van der Waals surface area (Å²) in [5.41, 5.74) is 4.84. The number of anilines is 4. The fraction of sp³-hybridized carbons (Fsp3) is 0.294. The second kappa shape index (κ2) is 23.5. The van der Waals surface area contributed by atoms with Gasteiger partial charge >= 0.3 is 0 Å². The number of hydrogen-bond donors (Lipinski definition) is 0. The molecule has 0 aliphatic carbocycles. The summed E-state index contributed by atoms with van der Waals surface area (Å²) in [6.45, 7) is 29.4. The van der Waals surface area contributed by atoms with Gasteiger partial charge in [0.1, 0.15) is 0 Å². The molecule has 0 N–H and O–H groups in total. The lowest BCUT2D eigenvalue weighted by molar-refractivity contribution is 1.13. The van der Waals surface area contributed by atoms with Crippen LogP contribution in [0.1, 0.15) is 0 Å². The van der Waals surface area contributed by atoms with Gasteiger partial charge in [0.05, 0.1) is 32.3 Å². The normalized spacial score (nSPS) is 12.4. The Morgan fingerprint density at radius 3 is 0.372 bits per heavy atom. The third kappa shape index (κ3) is 12.8. The van der Waals surface area contributed by atoms with Crippen molar-refractivity contribution in [3.05, 3.63) is 194 Å². The van der Waals surface area contributed by atoms with Crippen LogP contribution in [0.3, 0.4) is 0 Å². The molecule has 0 amide bonds. The van der Waals surface area contributed by atoms with Crippen LogP contribution < -0.4 is 81.8 Å². The Hall–Kier alpha value is -5.74. The van der Waals surface area contributed by atoms with Crippen molar-refractivity contribution in [2.24, 2.45) is 0 Å². The van der Waals surface area contributed by atoms with E-state index in [0.29, 0.717) is 0 Å². The third-order valence-corrected chi connectivity index (χ3v) is 33.9. The molecular weight excluding hydrogens is 1040 g/mol. The number of rotatable bonds is 16. The predicted molar refractivity (Wildman–Crippen MR) is 369 cm³/mol. The van der Waals surface area contributed by atoms with Gasteiger partial charge in [0, 0.05) is 79.1 Å². The fourth-order valence-corrected chi connectivity index (χ4v) is 24.9. The largest absolute Gasteiger partial charge is 0.378 e. The molecule has 0 heterocycles. The summed E-state index contributed by atoms with van der Waals surface area (Å²) < 4.78 is 0. The van der Waals surface area contributed by atoms with Crippen molar-refractivity contribution >= 4 is 133 Å². The highest BCUT2D eigenvalue weighted by Gasteiger charge is 2.44. The monoisotopic (exact) mass is 1130 g/mol. The number of benzene rings is 8. The van der Waals surface area contributed by atoms with Crippen molar-refractivity contribution in [3.8, 4) is 0 Å². The molecular formula is C68H92N4Si6. The topological polar surface area (TPSA) is 13.0 Å². The Labute approximate surface area is 478 Å². The fourth-order valence-electron chi connectivity index (χ4n) is 10.9. The van der Waals surface area contributed by atoms with Crippen molar-refractivity contribution in [2.75, 3.05) is 76.0 Å². The molecule has 10 heteroatoms. The summed E-state index contributed by atoms with van der Waals surface area (Å²) in [7, 11) is 5.97. The molecule has 8 rings (SSSR count). The van der Waals surface area contributed by atoms with Gasteiger partial charge in [0.15, 0.2) is 16.1 Å². The van der Waals surface area contributed by atoms with Gasteiger partial charge in [-0.3, -0.25) is 0 Å². The van der Waals surface area contributed by atoms with Crippen LogP contribution in [0.25, 0.3) is 0 Å². The van der Waals surface area contributed by atoms with E-state index in [1.54, 1.807) is 0 Å². The van der Waals surface area contributed by atoms with Crippen molar-refractivity contribution in [3.63, 3.8) is 0 Å². The van der Waals surface area contributed by atoms with Crippen molar-refractivity contribution in [1.29, 1.82) is 0 Å². The van der Waals surface area contributed by atoms with E-state index in [0.717, 1.165) is 0 Å². The van der Waals surface area contributed by atoms with Crippen LogP contribution in [0, 0.1) is 0 Å². The Morgan fingerprint density at radius 2 is 0.269 bits per heavy atom. The van der Waals surface area contributed by atoms with Gasteiger partial charge in [-0.2, -0.15) is 0 Å². The zero-order valence-electron chi connectivity index (χ0n) is 51.3. The van der Waals surface area contributed by atoms with Crippen LogP contribution >= 0.6 is 0 Å². The van der Waals surface area contributed by atoms with Gasteiger partial charge in [0.25, 0.3) is 0 Å². The van der Waals surface area contributed by atoms with Gasteiger partial charge in [-0.05, 0) is 90.0 Å². The summed E-state index contributed by atoms with van der Waals surface area (Å²) in [5.74, 6) is 0. The zero-order chi connectivity index (χ0) is 57.2. The lowest BCUT2D eigenvalue weighted by atomic mass is 10.3. The molecule has 0 fully saturated rings. The van der Waals surface area contributed by atoms with E-state index in [1.165, 1.54) is 85.0 Å². The molecule has 0 aliphatic rings. The SMILES string of the molecule is CN(C)c1ccc([Si](c2ccc(N(C)C)cc2)(c2ccc(N(C)C)cc2)c2ccc(N(C)C)cc2)cc1.C[Si](C)(C)c1ccc([Si](c2ccc([Si](C)(C)C)cc2)(c2ccc([Si](C)(C)C)cc2)c2ccc([Si](C)(C)C)cc2)cc1. The molecule has 78 heavy (non-hydrogen) atoms. The summed E-state index contributed by atoms with van der Waals surface area (Å²) >= 11 is 0. The van der Waals surface area contributed by atoms with Crippen LogP contribution in [0.4, 0.5) is 22.7 Å². The molecule has 8 aromatic carbocycles. The third-order valence-electron chi connectivity index (χ3n) is 16.0. The van der Waals surface area contributed by atoms with E-state index >= 15 is 0 Å². The van der Waals surface area contributed by atoms with Crippen molar-refractivity contribution in [1.82, 2.24) is 0 Å². The Balaban J connectivity index is 0.000000227. The predicted octanol–water partition coefficient (Wildman–Crippen LogP) is 8.57. The minimum atomic E-state index is -2.60. The number of hydrogen-bond acceptors (Lipinski definition) is 4. The standard InChI is InChI=1S/C36H52Si5.C32H40N4Si/c1-37(2,3)29-13-21-33(22-14-29)41(34-23-15-30(16-24-34)38(4,5)6,35-25-17-31(18-26-35)39(7,8)9)36-27-19-32(20-28-36)40(10,11)12;1-33(2)25-9-17-29(18-10-25)37(30-19-11-26(12-20-30)34(3)4,31-21-13-27(14-22-31)35(5)6)32-23-15-28(16-24-32)36(7)8/h13-28H,1-12H3;9-24H,1-8H3. The van der Waals surface area contributed by atoms with E-state index in [9.17, 15) is 0 Å². The number of nitrogens with zero attached hydrogens (tertiary/aromatic N) is 4. The highest BCUT2D eigenvalue weighted by atomic mass is 28.3. The van der Waals surface area contributed by atoms with Gasteiger partial charge in [-0.1, -0.05) is 245 Å². The maximum absolute atomic E-state index is 2.60. The molecule has 0 aromatic heterocycles. The quantitative estimate of drug-likeness (QED) is 0.0711. The Kier molecular flexibility index (Phi) is 18.1. The zero-order valence-corrected chi connectivity index (χ0v) is 57.3. The lowest BCUT2D eigenvalue weighted by Gasteiger charge is -2.36. The highest BCUT2D eigenvalue weighted by Crippen LogP contribution is 2.20. The molecule has 0 bridgehead atoms. The van der Waals surface area contributed by atoms with E-state index in [1.807, 2.05) is 0 Å². The molecule has 8 aromatic rings. The first kappa shape index (κ1) is 59.9. The smallest absolute Gasteiger partial charge is 0.179 e. The molecule has 0 spiro atoms. The average molecular weight is 1130 g/mol. The minimum Gasteiger partial charge on any atom is -0.378 e. The van der Waals surface area contributed by atoms with Crippen molar-refractivity contribution < 1.29 is 0 Å². The van der Waals surface area contributed by atoms with Gasteiger partial charge in [-0.25, -0.2) is 0 Å². The first-order chi connectivity index (χ1) is 36.5. The first-order valence-electron chi connectivity index (χ1n) is 28.0. The maximum atomic E-state index is 2.49. The Morgan fingerprint density at radius 1 is 0.167 bits per heavy atom. The van der Waals surface area contributed by atoms with Crippen LogP contribution in [0.5, 0.6) is 0 Å². The average Bonchev–Trinajstić information content (AvgIpc) is 3.45. The summed E-state index contributed by atoms with van der Waals surface area (Å²) in [4.78, 5) is 8.65. The summed E-state index contributed by atoms with van der Waals surface area (Å²) in [5, 5.41) is 17.6. The molecule has 0 radical (unpaired) electrons. The van der Waals surface area contributed by atoms with Crippen LogP contribution in [0.15, 0.2) is 194 Å². The Bertz CT molecular complexity index is 2750. The first-order valence-corrected chi connectivity index (χ1v) is 46.0. The molecule has 0 atom stereocenters. The molecule has 4 nitrogen and oxygen atoms in total. The van der Waals surface area contributed by atoms with E-state index in [4.69, 9.17) is 0 Å².